The fourth-order valence-electron chi connectivity index (χ4n) is 8.46. The Bertz CT molecular complexity index is 2240. The first-order valence-corrected chi connectivity index (χ1v) is 20.4. The van der Waals surface area contributed by atoms with Gasteiger partial charge in [-0.2, -0.15) is 0 Å². The average molecular weight is 774 g/mol. The van der Waals surface area contributed by atoms with Gasteiger partial charge in [0.05, 0.1) is 16.8 Å². The van der Waals surface area contributed by atoms with Gasteiger partial charge < -0.3 is 25.4 Å². The van der Waals surface area contributed by atoms with Crippen LogP contribution in [-0.4, -0.2) is 81.7 Å². The molecule has 5 aliphatic rings. The Morgan fingerprint density at radius 2 is 1.85 bits per heavy atom. The Morgan fingerprint density at radius 3 is 2.62 bits per heavy atom. The van der Waals surface area contributed by atoms with Crippen molar-refractivity contribution in [3.05, 3.63) is 72.1 Å². The van der Waals surface area contributed by atoms with Crippen LogP contribution in [0.15, 0.2) is 60.7 Å². The zero-order valence-corrected chi connectivity index (χ0v) is 31.3. The monoisotopic (exact) mass is 773 g/mol. The summed E-state index contributed by atoms with van der Waals surface area (Å²) in [4.78, 5) is 61.2. The molecule has 1 spiro atoms. The number of rotatable bonds is 5. The van der Waals surface area contributed by atoms with Crippen molar-refractivity contribution in [2.24, 2.45) is 5.92 Å². The minimum absolute atomic E-state index is 0.00615. The van der Waals surface area contributed by atoms with Crippen LogP contribution in [0.2, 0.25) is 0 Å². The van der Waals surface area contributed by atoms with Crippen LogP contribution in [0.5, 0.6) is 5.75 Å². The number of amides is 4. The number of allylic oxidation sites excluding steroid dienone is 1. The molecule has 290 valence electrons. The van der Waals surface area contributed by atoms with E-state index < -0.39 is 73.5 Å². The van der Waals surface area contributed by atoms with Crippen molar-refractivity contribution in [2.75, 3.05) is 6.54 Å². The standard InChI is InChI=1S/C40H44FN5O8S/c1-38(18-19-38)55(52,53)45-36(49)40-21-25(40)11-5-3-2-4-6-15-30(43-37(50)51)35(48)46-23-39(22-31(46)34(47)44-40)17-16-28-27-13-7-8-14-29(27)42-32(33(28)54-39)24-10-9-12-26(41)20-24/h5,7-14,20,25,30-31,43H,2-4,6,15-19,21-23H2,1H3,(H,44,47)(H,45,49)(H,50,51)/b11-5-/t25-,30+,31+,39+,40-/m1/s1. The van der Waals surface area contributed by atoms with Crippen molar-refractivity contribution < 1.29 is 41.8 Å². The summed E-state index contributed by atoms with van der Waals surface area (Å²) in [6.45, 7) is 1.49. The molecule has 0 bridgehead atoms. The fraction of sp³-hybridized carbons (Fsp3) is 0.475. The smallest absolute Gasteiger partial charge is 0.405 e. The second kappa shape index (κ2) is 13.6. The molecular weight excluding hydrogens is 730 g/mol. The van der Waals surface area contributed by atoms with E-state index in [9.17, 15) is 37.1 Å². The van der Waals surface area contributed by atoms with Crippen LogP contribution < -0.4 is 20.1 Å². The van der Waals surface area contributed by atoms with Gasteiger partial charge in [-0.25, -0.2) is 22.6 Å². The lowest BCUT2D eigenvalue weighted by molar-refractivity contribution is -0.141. The van der Waals surface area contributed by atoms with Crippen LogP contribution in [0.4, 0.5) is 9.18 Å². The van der Waals surface area contributed by atoms with Crippen LogP contribution >= 0.6 is 0 Å². The molecule has 1 saturated heterocycles. The van der Waals surface area contributed by atoms with E-state index in [2.05, 4.69) is 15.4 Å². The number of aryl methyl sites for hydroxylation is 1. The summed E-state index contributed by atoms with van der Waals surface area (Å²) in [5.41, 5.74) is -0.254. The van der Waals surface area contributed by atoms with Crippen molar-refractivity contribution in [2.45, 2.75) is 106 Å². The molecule has 0 unspecified atom stereocenters. The largest absolute Gasteiger partial charge is 0.483 e. The minimum atomic E-state index is -4.02. The zero-order valence-electron chi connectivity index (χ0n) is 30.5. The second-order valence-corrected chi connectivity index (χ2v) is 18.2. The number of hydrogen-bond donors (Lipinski definition) is 4. The molecule has 4 N–H and O–H groups in total. The number of halogens is 1. The minimum Gasteiger partial charge on any atom is -0.483 e. The van der Waals surface area contributed by atoms with Gasteiger partial charge in [0.25, 0.3) is 5.91 Å². The van der Waals surface area contributed by atoms with Gasteiger partial charge in [-0.1, -0.05) is 55.3 Å². The molecule has 2 saturated carbocycles. The number of nitrogens with zero attached hydrogens (tertiary/aromatic N) is 2. The number of para-hydroxylation sites is 1. The molecule has 55 heavy (non-hydrogen) atoms. The predicted molar refractivity (Wildman–Crippen MR) is 200 cm³/mol. The Hall–Kier alpha value is -5.05. The lowest BCUT2D eigenvalue weighted by Crippen LogP contribution is -2.58. The number of nitrogens with one attached hydrogen (secondary N) is 3. The lowest BCUT2D eigenvalue weighted by atomic mass is 9.86. The Morgan fingerprint density at radius 1 is 1.05 bits per heavy atom. The predicted octanol–water partition coefficient (Wildman–Crippen LogP) is 4.74. The topological polar surface area (TPSA) is 184 Å². The molecule has 2 aliphatic carbocycles. The quantitative estimate of drug-likeness (QED) is 0.266. The van der Waals surface area contributed by atoms with Gasteiger partial charge in [0.15, 0.2) is 0 Å². The van der Waals surface area contributed by atoms with E-state index in [0.29, 0.717) is 67.5 Å². The highest BCUT2D eigenvalue weighted by molar-refractivity contribution is 7.91. The van der Waals surface area contributed by atoms with E-state index in [4.69, 9.17) is 9.72 Å². The van der Waals surface area contributed by atoms with Gasteiger partial charge in [-0.15, -0.1) is 0 Å². The number of carbonyl (C=O) groups is 4. The summed E-state index contributed by atoms with van der Waals surface area (Å²) in [5.74, 6) is -2.62. The molecule has 0 radical (unpaired) electrons. The Labute approximate surface area is 318 Å². The summed E-state index contributed by atoms with van der Waals surface area (Å²) in [5, 5.41) is 15.9. The summed E-state index contributed by atoms with van der Waals surface area (Å²) >= 11 is 0. The SMILES string of the molecule is CC1(S(=O)(=O)NC(=O)[C@@]23C[C@H]2/C=C\CCCCC[C@H](NC(=O)O)C(=O)N2C[C@]4(CCc5c(c(-c6cccc(F)c6)nc6ccccc56)O4)C[C@H]2C(=O)N3)CC1. The van der Waals surface area contributed by atoms with Crippen molar-refractivity contribution in [1.29, 1.82) is 0 Å². The van der Waals surface area contributed by atoms with Crippen LogP contribution in [0, 0.1) is 11.7 Å². The van der Waals surface area contributed by atoms with Gasteiger partial charge in [0.1, 0.15) is 40.5 Å². The number of carboxylic acid groups (broad SMARTS) is 1. The Kier molecular flexibility index (Phi) is 9.13. The first-order chi connectivity index (χ1) is 26.2. The first kappa shape index (κ1) is 36.9. The van der Waals surface area contributed by atoms with Crippen molar-refractivity contribution >= 4 is 44.7 Å². The number of aromatic nitrogens is 1. The van der Waals surface area contributed by atoms with E-state index in [-0.39, 0.29) is 25.8 Å². The molecule has 8 rings (SSSR count). The third kappa shape index (κ3) is 6.80. The summed E-state index contributed by atoms with van der Waals surface area (Å²) in [7, 11) is -4.02. The number of benzene rings is 2. The number of fused-ring (bicyclic) bond motifs is 5. The summed E-state index contributed by atoms with van der Waals surface area (Å²) in [6, 6.07) is 11.2. The van der Waals surface area contributed by atoms with E-state index in [0.717, 1.165) is 17.4 Å². The maximum Gasteiger partial charge on any atom is 0.405 e. The van der Waals surface area contributed by atoms with Crippen molar-refractivity contribution in [3.63, 3.8) is 0 Å². The molecule has 1 aromatic heterocycles. The number of ether oxygens (including phenoxy) is 1. The van der Waals surface area contributed by atoms with Crippen LogP contribution in [0.1, 0.15) is 76.7 Å². The van der Waals surface area contributed by atoms with E-state index in [1.807, 2.05) is 36.4 Å². The molecule has 13 nitrogen and oxygen atoms in total. The summed E-state index contributed by atoms with van der Waals surface area (Å²) in [6.07, 6.45) is 7.09. The molecule has 3 aromatic rings. The normalized spacial score (nSPS) is 29.3. The highest BCUT2D eigenvalue weighted by atomic mass is 32.2. The first-order valence-electron chi connectivity index (χ1n) is 19.0. The highest BCUT2D eigenvalue weighted by Gasteiger charge is 2.64. The Balaban J connectivity index is 1.17. The van der Waals surface area contributed by atoms with E-state index >= 15 is 0 Å². The van der Waals surface area contributed by atoms with Gasteiger partial charge in [0.2, 0.25) is 21.8 Å². The van der Waals surface area contributed by atoms with Crippen LogP contribution in [0.25, 0.3) is 22.2 Å². The molecule has 3 aliphatic heterocycles. The van der Waals surface area contributed by atoms with Gasteiger partial charge in [-0.05, 0) is 76.5 Å². The van der Waals surface area contributed by atoms with Crippen molar-refractivity contribution in [1.82, 2.24) is 25.2 Å². The molecule has 2 aromatic carbocycles. The second-order valence-electron chi connectivity index (χ2n) is 16.0. The maximum absolute atomic E-state index is 14.6. The molecule has 5 atom stereocenters. The number of pyridine rings is 1. The van der Waals surface area contributed by atoms with E-state index in [1.165, 1.54) is 17.0 Å². The maximum atomic E-state index is 14.6. The third-order valence-electron chi connectivity index (χ3n) is 12.1. The highest BCUT2D eigenvalue weighted by Crippen LogP contribution is 2.50. The number of carbonyl (C=O) groups excluding carboxylic acids is 3. The van der Waals surface area contributed by atoms with Crippen molar-refractivity contribution in [3.8, 4) is 17.0 Å². The molecule has 4 amide bonds. The van der Waals surface area contributed by atoms with Crippen LogP contribution in [0.3, 0.4) is 0 Å². The average Bonchev–Trinajstić information content (AvgIpc) is 4.04. The third-order valence-corrected chi connectivity index (χ3v) is 14.3. The lowest BCUT2D eigenvalue weighted by Gasteiger charge is -2.37. The van der Waals surface area contributed by atoms with Gasteiger partial charge in [0, 0.05) is 28.9 Å². The summed E-state index contributed by atoms with van der Waals surface area (Å²) < 4.78 is 49.1. The van der Waals surface area contributed by atoms with Gasteiger partial charge >= 0.3 is 6.09 Å². The molecule has 4 heterocycles. The fourth-order valence-corrected chi connectivity index (χ4v) is 9.77. The molecule has 3 fully saturated rings. The number of sulfonamides is 1. The number of hydrogen-bond acceptors (Lipinski definition) is 8. The van der Waals surface area contributed by atoms with Crippen LogP contribution in [-0.2, 0) is 30.8 Å². The molecular formula is C40H44FN5O8S. The zero-order chi connectivity index (χ0) is 38.8. The van der Waals surface area contributed by atoms with E-state index in [1.54, 1.807) is 19.1 Å². The molecule has 15 heteroatoms. The van der Waals surface area contributed by atoms with Gasteiger partial charge in [-0.3, -0.25) is 19.1 Å².